The minimum Gasteiger partial charge on any atom is -0.486 e. The number of quaternary nitrogens is 1. The van der Waals surface area contributed by atoms with Gasteiger partial charge in [-0.05, 0) is 48.4 Å². The Bertz CT molecular complexity index is 967. The van der Waals surface area contributed by atoms with Crippen LogP contribution in [0, 0.1) is 5.82 Å². The average Bonchev–Trinajstić information content (AvgIpc) is 2.83. The zero-order valence-electron chi connectivity index (χ0n) is 18.7. The Morgan fingerprint density at radius 1 is 1.06 bits per heavy atom. The van der Waals surface area contributed by atoms with E-state index >= 15 is 0 Å². The lowest BCUT2D eigenvalue weighted by Gasteiger charge is -2.37. The summed E-state index contributed by atoms with van der Waals surface area (Å²) in [6.07, 6.45) is 4.14. The van der Waals surface area contributed by atoms with E-state index in [-0.39, 0.29) is 5.82 Å². The van der Waals surface area contributed by atoms with E-state index in [0.717, 1.165) is 66.6 Å². The molecule has 1 fully saturated rings. The number of hydrogen-bond acceptors (Lipinski definition) is 5. The topological polar surface area (TPSA) is 50.8 Å². The molecular weight excluding hydrogens is 409 g/mol. The zero-order valence-corrected chi connectivity index (χ0v) is 18.7. The number of hydroxylamine groups is 1. The Labute approximate surface area is 188 Å². The van der Waals surface area contributed by atoms with Crippen LogP contribution >= 0.6 is 0 Å². The van der Waals surface area contributed by atoms with Crippen LogP contribution in [0.4, 0.5) is 10.1 Å². The second-order valence-electron chi connectivity index (χ2n) is 8.01. The molecule has 6 nitrogen and oxygen atoms in total. The lowest BCUT2D eigenvalue weighted by Crippen LogP contribution is -2.76. The van der Waals surface area contributed by atoms with E-state index in [1.807, 2.05) is 37.4 Å². The number of benzene rings is 2. The highest BCUT2D eigenvalue weighted by molar-refractivity contribution is 5.67. The van der Waals surface area contributed by atoms with Gasteiger partial charge < -0.3 is 14.4 Å². The first-order valence-corrected chi connectivity index (χ1v) is 11.0. The van der Waals surface area contributed by atoms with Crippen LogP contribution in [0.5, 0.6) is 11.5 Å². The molecule has 7 heteroatoms. The van der Waals surface area contributed by atoms with Crippen molar-refractivity contribution in [3.05, 3.63) is 71.7 Å². The van der Waals surface area contributed by atoms with Crippen molar-refractivity contribution in [1.29, 1.82) is 0 Å². The van der Waals surface area contributed by atoms with Crippen molar-refractivity contribution in [1.82, 2.24) is 4.90 Å². The molecule has 0 atom stereocenters. The van der Waals surface area contributed by atoms with Crippen LogP contribution in [0.2, 0.25) is 0 Å². The molecule has 0 radical (unpaired) electrons. The third kappa shape index (κ3) is 5.48. The van der Waals surface area contributed by atoms with Gasteiger partial charge in [-0.2, -0.15) is 5.48 Å². The van der Waals surface area contributed by atoms with Crippen molar-refractivity contribution in [3.8, 4) is 11.5 Å². The molecule has 0 unspecified atom stereocenters. The van der Waals surface area contributed by atoms with Crippen LogP contribution in [0.3, 0.4) is 0 Å². The van der Waals surface area contributed by atoms with Crippen LogP contribution in [-0.2, 0) is 4.84 Å². The maximum absolute atomic E-state index is 13.3. The lowest BCUT2D eigenvalue weighted by atomic mass is 10.0. The molecule has 2 N–H and O–H groups in total. The van der Waals surface area contributed by atoms with E-state index in [1.165, 1.54) is 12.1 Å². The Morgan fingerprint density at radius 3 is 2.56 bits per heavy atom. The number of hydrogen-bond donors (Lipinski definition) is 1. The summed E-state index contributed by atoms with van der Waals surface area (Å²) in [5.74, 6) is 1.47. The van der Waals surface area contributed by atoms with Crippen LogP contribution in [0.25, 0.3) is 5.57 Å². The summed E-state index contributed by atoms with van der Waals surface area (Å²) in [4.78, 5) is 9.97. The first-order chi connectivity index (χ1) is 15.6. The maximum atomic E-state index is 13.3. The largest absolute Gasteiger partial charge is 0.486 e. The van der Waals surface area contributed by atoms with Crippen molar-refractivity contribution in [2.45, 2.75) is 6.92 Å². The van der Waals surface area contributed by atoms with Crippen molar-refractivity contribution in [2.75, 3.05) is 57.9 Å². The fourth-order valence-electron chi connectivity index (χ4n) is 4.09. The van der Waals surface area contributed by atoms with Gasteiger partial charge in [-0.15, -0.1) is 0 Å². The Morgan fingerprint density at radius 2 is 1.81 bits per heavy atom. The molecule has 2 aliphatic rings. The number of allylic oxidation sites excluding steroid dienone is 1. The van der Waals surface area contributed by atoms with E-state index in [1.54, 1.807) is 12.6 Å². The number of rotatable bonds is 7. The highest BCUT2D eigenvalue weighted by Gasteiger charge is 2.24. The third-order valence-electron chi connectivity index (χ3n) is 5.78. The molecule has 0 bridgehead atoms. The molecule has 4 rings (SSSR count). The fourth-order valence-corrected chi connectivity index (χ4v) is 4.09. The summed E-state index contributed by atoms with van der Waals surface area (Å²) in [5, 5.41) is 0. The number of fused-ring (bicyclic) bond motifs is 1. The molecule has 32 heavy (non-hydrogen) atoms. The normalized spacial score (nSPS) is 17.5. The van der Waals surface area contributed by atoms with Crippen LogP contribution in [-0.4, -0.2) is 57.9 Å². The second-order valence-corrected chi connectivity index (χ2v) is 8.01. The average molecular weight is 441 g/mol. The standard InChI is InChI=1S/C25H30FN3O3/c1-19(21-6-8-22(26)9-7-21)16-20(17-27-30-2)18-28-10-12-29(13-11-28)23-4-3-5-24-25(23)32-15-14-31-24/h3-9,16-17,27H,10-15,18H2,1-2H3/p+1/b19-16+,20-17+. The number of para-hydroxylation sites is 1. The smallest absolute Gasteiger partial charge is 0.184 e. The fraction of sp³-hybridized carbons (Fsp3) is 0.360. The van der Waals surface area contributed by atoms with Gasteiger partial charge in [0.15, 0.2) is 11.5 Å². The van der Waals surface area contributed by atoms with E-state index in [9.17, 15) is 4.39 Å². The molecular formula is C25H31FN3O3+. The van der Waals surface area contributed by atoms with Gasteiger partial charge >= 0.3 is 0 Å². The molecule has 2 aromatic carbocycles. The number of nitrogens with two attached hydrogens (primary N) is 1. The molecule has 2 aromatic rings. The first kappa shape index (κ1) is 22.3. The van der Waals surface area contributed by atoms with Gasteiger partial charge in [0.1, 0.15) is 25.2 Å². The number of nitrogens with zero attached hydrogens (tertiary/aromatic N) is 2. The van der Waals surface area contributed by atoms with Gasteiger partial charge in [-0.3, -0.25) is 4.90 Å². The zero-order chi connectivity index (χ0) is 22.3. The van der Waals surface area contributed by atoms with Crippen molar-refractivity contribution < 1.29 is 24.2 Å². The number of anilines is 1. The lowest BCUT2D eigenvalue weighted by molar-refractivity contribution is -0.842. The molecule has 0 aromatic heterocycles. The molecule has 1 saturated heterocycles. The maximum Gasteiger partial charge on any atom is 0.184 e. The molecule has 0 aliphatic carbocycles. The first-order valence-electron chi connectivity index (χ1n) is 11.0. The Balaban J connectivity index is 1.41. The quantitative estimate of drug-likeness (QED) is 0.530. The predicted molar refractivity (Wildman–Crippen MR) is 123 cm³/mol. The summed E-state index contributed by atoms with van der Waals surface area (Å²) in [7, 11) is 1.65. The summed E-state index contributed by atoms with van der Waals surface area (Å²) in [6.45, 7) is 7.78. The minimum atomic E-state index is -0.223. The van der Waals surface area contributed by atoms with E-state index in [2.05, 4.69) is 21.9 Å². The summed E-state index contributed by atoms with van der Waals surface area (Å²) >= 11 is 0. The highest BCUT2D eigenvalue weighted by atomic mass is 19.1. The molecule has 0 amide bonds. The summed E-state index contributed by atoms with van der Waals surface area (Å²) in [5.41, 5.74) is 6.06. The molecule has 2 heterocycles. The van der Waals surface area contributed by atoms with Gasteiger partial charge in [-0.25, -0.2) is 9.23 Å². The van der Waals surface area contributed by atoms with Crippen molar-refractivity contribution in [3.63, 3.8) is 0 Å². The van der Waals surface area contributed by atoms with Crippen LogP contribution in [0.1, 0.15) is 12.5 Å². The molecule has 0 saturated carbocycles. The number of piperazine rings is 1. The van der Waals surface area contributed by atoms with Gasteiger partial charge in [0.2, 0.25) is 0 Å². The van der Waals surface area contributed by atoms with Crippen molar-refractivity contribution >= 4 is 11.3 Å². The minimum absolute atomic E-state index is 0.223. The molecule has 170 valence electrons. The van der Waals surface area contributed by atoms with E-state index in [0.29, 0.717) is 13.2 Å². The summed E-state index contributed by atoms with van der Waals surface area (Å²) in [6, 6.07) is 12.7. The molecule has 0 spiro atoms. The van der Waals surface area contributed by atoms with Crippen molar-refractivity contribution in [2.24, 2.45) is 0 Å². The molecule has 2 aliphatic heterocycles. The monoisotopic (exact) mass is 440 g/mol. The van der Waals surface area contributed by atoms with Gasteiger partial charge in [-0.1, -0.05) is 18.2 Å². The van der Waals surface area contributed by atoms with Gasteiger partial charge in [0.05, 0.1) is 12.8 Å². The second kappa shape index (κ2) is 10.6. The summed E-state index contributed by atoms with van der Waals surface area (Å²) < 4.78 is 24.9. The third-order valence-corrected chi connectivity index (χ3v) is 5.78. The van der Waals surface area contributed by atoms with E-state index in [4.69, 9.17) is 14.3 Å². The van der Waals surface area contributed by atoms with Gasteiger partial charge in [0, 0.05) is 38.3 Å². The van der Waals surface area contributed by atoms with E-state index < -0.39 is 0 Å². The Hall–Kier alpha value is -2.87. The SMILES string of the molecule is CO[NH2+]/C=C(\C=C(/C)c1ccc(F)cc1)CN1CCN(c2cccc3c2OCCO3)CC1. The highest BCUT2D eigenvalue weighted by Crippen LogP contribution is 2.39. The number of ether oxygens (including phenoxy) is 2. The van der Waals surface area contributed by atoms with Crippen LogP contribution in [0.15, 0.2) is 60.3 Å². The Kier molecular flexibility index (Phi) is 7.42. The predicted octanol–water partition coefficient (Wildman–Crippen LogP) is 2.83. The van der Waals surface area contributed by atoms with Gasteiger partial charge in [0.25, 0.3) is 0 Å². The number of halogens is 1. The van der Waals surface area contributed by atoms with Crippen LogP contribution < -0.4 is 19.9 Å².